The van der Waals surface area contributed by atoms with Gasteiger partial charge in [-0.1, -0.05) is 19.1 Å². The van der Waals surface area contributed by atoms with Gasteiger partial charge < -0.3 is 15.4 Å². The van der Waals surface area contributed by atoms with Crippen LogP contribution in [0.15, 0.2) is 36.7 Å². The Bertz CT molecular complexity index is 628. The highest BCUT2D eigenvalue weighted by Crippen LogP contribution is 2.14. The molecule has 7 heteroatoms. The summed E-state index contributed by atoms with van der Waals surface area (Å²) in [5, 5.41) is 10.1. The van der Waals surface area contributed by atoms with Crippen LogP contribution in [-0.2, 0) is 18.4 Å². The van der Waals surface area contributed by atoms with Gasteiger partial charge in [0.1, 0.15) is 11.8 Å². The molecule has 0 aliphatic heterocycles. The van der Waals surface area contributed by atoms with Gasteiger partial charge in [0.25, 0.3) is 0 Å². The number of likely N-dealkylation sites (N-methyl/N-ethyl adjacent to an activating group) is 1. The van der Waals surface area contributed by atoms with E-state index < -0.39 is 6.04 Å². The molecule has 1 atom stereocenters. The van der Waals surface area contributed by atoms with Gasteiger partial charge in [-0.15, -0.1) is 12.4 Å². The second kappa shape index (κ2) is 9.95. The van der Waals surface area contributed by atoms with Crippen LogP contribution in [0.5, 0.6) is 5.75 Å². The molecular formula is C17H25ClN4O2. The number of carbonyl (C=O) groups is 1. The maximum atomic E-state index is 12.3. The second-order valence-corrected chi connectivity index (χ2v) is 5.38. The first-order valence-electron chi connectivity index (χ1n) is 7.79. The highest BCUT2D eigenvalue weighted by atomic mass is 35.5. The van der Waals surface area contributed by atoms with E-state index in [4.69, 9.17) is 4.74 Å². The zero-order valence-electron chi connectivity index (χ0n) is 14.3. The third kappa shape index (κ3) is 5.54. The Labute approximate surface area is 149 Å². The summed E-state index contributed by atoms with van der Waals surface area (Å²) in [5.74, 6) is 0.775. The lowest BCUT2D eigenvalue weighted by molar-refractivity contribution is -0.123. The molecule has 2 N–H and O–H groups in total. The number of nitrogens with one attached hydrogen (secondary N) is 2. The average Bonchev–Trinajstić information content (AvgIpc) is 2.98. The van der Waals surface area contributed by atoms with Crippen LogP contribution in [0.25, 0.3) is 0 Å². The lowest BCUT2D eigenvalue weighted by Crippen LogP contribution is -2.35. The van der Waals surface area contributed by atoms with Gasteiger partial charge in [-0.05, 0) is 31.2 Å². The van der Waals surface area contributed by atoms with Crippen molar-refractivity contribution in [3.05, 3.63) is 47.8 Å². The standard InChI is InChI=1S/C17H24N4O2.ClH/c1-4-9-23-15-7-5-13(6-8-15)10-19-17(22)16(18-2)14-11-20-21(3)12-14;/h5-8,11-12,16,18H,4,9-10H2,1-3H3,(H,19,22);1H. The SMILES string of the molecule is CCCOc1ccc(CNC(=O)C(NC)c2cnn(C)c2)cc1.Cl. The van der Waals surface area contributed by atoms with Gasteiger partial charge in [0.2, 0.25) is 5.91 Å². The zero-order valence-corrected chi connectivity index (χ0v) is 15.1. The number of benzene rings is 1. The van der Waals surface area contributed by atoms with E-state index in [1.54, 1.807) is 17.9 Å². The molecule has 0 bridgehead atoms. The average molecular weight is 353 g/mol. The minimum absolute atomic E-state index is 0. The van der Waals surface area contributed by atoms with Crippen LogP contribution in [0.3, 0.4) is 0 Å². The highest BCUT2D eigenvalue weighted by molar-refractivity contribution is 5.85. The number of amides is 1. The van der Waals surface area contributed by atoms with Gasteiger partial charge in [0.15, 0.2) is 0 Å². The summed E-state index contributed by atoms with van der Waals surface area (Å²) < 4.78 is 7.23. The first-order chi connectivity index (χ1) is 11.1. The molecular weight excluding hydrogens is 328 g/mol. The Balaban J connectivity index is 0.00000288. The molecule has 0 aliphatic carbocycles. The lowest BCUT2D eigenvalue weighted by Gasteiger charge is -2.14. The maximum Gasteiger partial charge on any atom is 0.242 e. The number of aromatic nitrogens is 2. The first-order valence-corrected chi connectivity index (χ1v) is 7.79. The van der Waals surface area contributed by atoms with Gasteiger partial charge >= 0.3 is 0 Å². The van der Waals surface area contributed by atoms with Crippen LogP contribution >= 0.6 is 12.4 Å². The minimum Gasteiger partial charge on any atom is -0.494 e. The van der Waals surface area contributed by atoms with Crippen molar-refractivity contribution < 1.29 is 9.53 Å². The van der Waals surface area contributed by atoms with E-state index in [1.165, 1.54) is 0 Å². The van der Waals surface area contributed by atoms with Gasteiger partial charge in [0.05, 0.1) is 12.8 Å². The summed E-state index contributed by atoms with van der Waals surface area (Å²) >= 11 is 0. The third-order valence-corrected chi connectivity index (χ3v) is 3.47. The van der Waals surface area contributed by atoms with Crippen LogP contribution in [-0.4, -0.2) is 29.3 Å². The van der Waals surface area contributed by atoms with E-state index in [9.17, 15) is 4.79 Å². The smallest absolute Gasteiger partial charge is 0.242 e. The number of hydrogen-bond acceptors (Lipinski definition) is 4. The monoisotopic (exact) mass is 352 g/mol. The number of ether oxygens (including phenoxy) is 1. The molecule has 1 amide bonds. The number of rotatable bonds is 8. The topological polar surface area (TPSA) is 68.2 Å². The molecule has 0 saturated carbocycles. The number of aryl methyl sites for hydroxylation is 1. The van der Waals surface area contributed by atoms with Crippen LogP contribution in [0.1, 0.15) is 30.5 Å². The Morgan fingerprint density at radius 2 is 2.04 bits per heavy atom. The quantitative estimate of drug-likeness (QED) is 0.764. The second-order valence-electron chi connectivity index (χ2n) is 5.38. The van der Waals surface area contributed by atoms with Crippen LogP contribution in [0.4, 0.5) is 0 Å². The van der Waals surface area contributed by atoms with Crippen molar-refractivity contribution in [3.63, 3.8) is 0 Å². The summed E-state index contributed by atoms with van der Waals surface area (Å²) in [6.45, 7) is 3.26. The number of hydrogen-bond donors (Lipinski definition) is 2. The van der Waals surface area contributed by atoms with Gasteiger partial charge in [-0.3, -0.25) is 9.48 Å². The fourth-order valence-electron chi connectivity index (χ4n) is 2.25. The molecule has 1 aromatic carbocycles. The molecule has 2 rings (SSSR count). The normalized spacial score (nSPS) is 11.5. The molecule has 0 saturated heterocycles. The minimum atomic E-state index is -0.407. The van der Waals surface area contributed by atoms with Crippen molar-refractivity contribution in [2.24, 2.45) is 7.05 Å². The Morgan fingerprint density at radius 3 is 2.58 bits per heavy atom. The van der Waals surface area contributed by atoms with E-state index in [2.05, 4.69) is 22.7 Å². The molecule has 6 nitrogen and oxygen atoms in total. The van der Waals surface area contributed by atoms with Crippen molar-refractivity contribution in [2.75, 3.05) is 13.7 Å². The molecule has 0 aliphatic rings. The highest BCUT2D eigenvalue weighted by Gasteiger charge is 2.19. The van der Waals surface area contributed by atoms with E-state index in [1.807, 2.05) is 37.5 Å². The molecule has 0 fully saturated rings. The summed E-state index contributed by atoms with van der Waals surface area (Å²) in [4.78, 5) is 12.3. The van der Waals surface area contributed by atoms with Gasteiger partial charge in [-0.2, -0.15) is 5.10 Å². The predicted molar refractivity (Wildman–Crippen MR) is 96.3 cm³/mol. The summed E-state index contributed by atoms with van der Waals surface area (Å²) in [6.07, 6.45) is 4.51. The van der Waals surface area contributed by atoms with Crippen LogP contribution < -0.4 is 15.4 Å². The molecule has 24 heavy (non-hydrogen) atoms. The Kier molecular flexibility index (Phi) is 8.29. The fraction of sp³-hybridized carbons (Fsp3) is 0.412. The molecule has 0 radical (unpaired) electrons. The molecule has 0 spiro atoms. The van der Waals surface area contributed by atoms with E-state index in [0.717, 1.165) is 23.3 Å². The Hall–Kier alpha value is -2.05. The van der Waals surface area contributed by atoms with Crippen LogP contribution in [0.2, 0.25) is 0 Å². The fourth-order valence-corrected chi connectivity index (χ4v) is 2.25. The summed E-state index contributed by atoms with van der Waals surface area (Å²) in [7, 11) is 3.59. The van der Waals surface area contributed by atoms with Gasteiger partial charge in [0, 0.05) is 25.4 Å². The molecule has 1 unspecified atom stereocenters. The first kappa shape index (κ1) is 20.0. The van der Waals surface area contributed by atoms with E-state index in [-0.39, 0.29) is 18.3 Å². The molecule has 132 valence electrons. The third-order valence-electron chi connectivity index (χ3n) is 3.47. The van der Waals surface area contributed by atoms with Crippen molar-refractivity contribution in [1.29, 1.82) is 0 Å². The van der Waals surface area contributed by atoms with Crippen LogP contribution in [0, 0.1) is 0 Å². The molecule has 2 aromatic rings. The summed E-state index contributed by atoms with van der Waals surface area (Å²) in [5.41, 5.74) is 1.87. The zero-order chi connectivity index (χ0) is 16.7. The van der Waals surface area contributed by atoms with E-state index in [0.29, 0.717) is 13.2 Å². The number of nitrogens with zero attached hydrogens (tertiary/aromatic N) is 2. The number of carbonyl (C=O) groups excluding carboxylic acids is 1. The Morgan fingerprint density at radius 1 is 1.33 bits per heavy atom. The lowest BCUT2D eigenvalue weighted by atomic mass is 10.1. The predicted octanol–water partition coefficient (Wildman–Crippen LogP) is 2.21. The van der Waals surface area contributed by atoms with Crippen molar-refractivity contribution in [3.8, 4) is 5.75 Å². The largest absolute Gasteiger partial charge is 0.494 e. The van der Waals surface area contributed by atoms with Crippen molar-refractivity contribution in [1.82, 2.24) is 20.4 Å². The van der Waals surface area contributed by atoms with E-state index >= 15 is 0 Å². The molecule has 1 aromatic heterocycles. The van der Waals surface area contributed by atoms with Gasteiger partial charge in [-0.25, -0.2) is 0 Å². The molecule has 1 heterocycles. The van der Waals surface area contributed by atoms with Crippen molar-refractivity contribution >= 4 is 18.3 Å². The summed E-state index contributed by atoms with van der Waals surface area (Å²) in [6, 6.07) is 7.37. The maximum absolute atomic E-state index is 12.3. The number of halogens is 1. The van der Waals surface area contributed by atoms with Crippen molar-refractivity contribution in [2.45, 2.75) is 25.9 Å².